The van der Waals surface area contributed by atoms with Gasteiger partial charge in [-0.25, -0.2) is 18.4 Å². The Labute approximate surface area is 144 Å². The van der Waals surface area contributed by atoms with E-state index in [0.29, 0.717) is 28.9 Å². The van der Waals surface area contributed by atoms with Crippen molar-refractivity contribution in [1.82, 2.24) is 14.3 Å². The number of para-hydroxylation sites is 2. The van der Waals surface area contributed by atoms with Crippen LogP contribution in [0.5, 0.6) is 0 Å². The van der Waals surface area contributed by atoms with Crippen LogP contribution in [0.4, 0.5) is 0 Å². The quantitative estimate of drug-likeness (QED) is 0.710. The molecule has 1 saturated heterocycles. The molecule has 3 aromatic rings. The van der Waals surface area contributed by atoms with Crippen LogP contribution in [0, 0.1) is 0 Å². The molecule has 0 saturated carbocycles. The van der Waals surface area contributed by atoms with Crippen LogP contribution in [0.25, 0.3) is 11.1 Å². The summed E-state index contributed by atoms with van der Waals surface area (Å²) in [5.41, 5.74) is 1.50. The molecule has 124 valence electrons. The van der Waals surface area contributed by atoms with Crippen molar-refractivity contribution in [3.05, 3.63) is 42.6 Å². The van der Waals surface area contributed by atoms with Gasteiger partial charge in [-0.05, 0) is 48.9 Å². The topological polar surface area (TPSA) is 76.3 Å². The molecule has 0 N–H and O–H groups in total. The highest BCUT2D eigenvalue weighted by molar-refractivity contribution is 7.99. The lowest BCUT2D eigenvalue weighted by Crippen LogP contribution is -2.27. The maximum Gasteiger partial charge on any atom is 0.263 e. The molecule has 3 heterocycles. The Kier molecular flexibility index (Phi) is 4.03. The molecule has 2 aromatic heterocycles. The SMILES string of the molecule is O=S(=O)(c1ccc(Sc2nc3ccccc3o2)nc1)N1CCCC1. The van der Waals surface area contributed by atoms with Crippen molar-refractivity contribution in [2.75, 3.05) is 13.1 Å². The molecule has 8 heteroatoms. The van der Waals surface area contributed by atoms with Crippen LogP contribution in [-0.2, 0) is 10.0 Å². The van der Waals surface area contributed by atoms with Crippen molar-refractivity contribution in [3.8, 4) is 0 Å². The van der Waals surface area contributed by atoms with Crippen LogP contribution in [-0.4, -0.2) is 35.8 Å². The van der Waals surface area contributed by atoms with E-state index in [9.17, 15) is 8.42 Å². The van der Waals surface area contributed by atoms with Crippen LogP contribution >= 0.6 is 11.8 Å². The minimum Gasteiger partial charge on any atom is -0.431 e. The van der Waals surface area contributed by atoms with E-state index in [0.717, 1.165) is 18.4 Å². The van der Waals surface area contributed by atoms with Gasteiger partial charge in [-0.2, -0.15) is 4.31 Å². The molecule has 0 spiro atoms. The van der Waals surface area contributed by atoms with Gasteiger partial charge in [0.25, 0.3) is 5.22 Å². The molecule has 1 aliphatic rings. The second kappa shape index (κ2) is 6.19. The predicted octanol–water partition coefficient (Wildman–Crippen LogP) is 3.16. The maximum atomic E-state index is 12.5. The number of aromatic nitrogens is 2. The van der Waals surface area contributed by atoms with Crippen LogP contribution < -0.4 is 0 Å². The second-order valence-electron chi connectivity index (χ2n) is 5.49. The van der Waals surface area contributed by atoms with Crippen molar-refractivity contribution < 1.29 is 12.8 Å². The molecule has 0 amide bonds. The summed E-state index contributed by atoms with van der Waals surface area (Å²) in [6, 6.07) is 10.8. The number of sulfonamides is 1. The van der Waals surface area contributed by atoms with Gasteiger partial charge in [0.2, 0.25) is 10.0 Å². The molecule has 4 rings (SSSR count). The van der Waals surface area contributed by atoms with Crippen molar-refractivity contribution in [2.45, 2.75) is 28.0 Å². The fourth-order valence-corrected chi connectivity index (χ4v) is 4.80. The lowest BCUT2D eigenvalue weighted by molar-refractivity contribution is 0.477. The first-order valence-electron chi connectivity index (χ1n) is 7.62. The van der Waals surface area contributed by atoms with E-state index in [2.05, 4.69) is 9.97 Å². The number of fused-ring (bicyclic) bond motifs is 1. The van der Waals surface area contributed by atoms with Crippen LogP contribution in [0.2, 0.25) is 0 Å². The lowest BCUT2D eigenvalue weighted by atomic mass is 10.3. The number of pyridine rings is 1. The highest BCUT2D eigenvalue weighted by Gasteiger charge is 2.27. The summed E-state index contributed by atoms with van der Waals surface area (Å²) < 4.78 is 32.1. The monoisotopic (exact) mass is 361 g/mol. The molecular weight excluding hydrogens is 346 g/mol. The molecule has 0 aliphatic carbocycles. The van der Waals surface area contributed by atoms with Gasteiger partial charge in [0.15, 0.2) is 5.58 Å². The molecule has 6 nitrogen and oxygen atoms in total. The van der Waals surface area contributed by atoms with Crippen molar-refractivity contribution in [3.63, 3.8) is 0 Å². The molecule has 24 heavy (non-hydrogen) atoms. The normalized spacial score (nSPS) is 16.0. The van der Waals surface area contributed by atoms with E-state index in [4.69, 9.17) is 4.42 Å². The average molecular weight is 361 g/mol. The van der Waals surface area contributed by atoms with Crippen molar-refractivity contribution >= 4 is 32.9 Å². The minimum atomic E-state index is -3.43. The Balaban J connectivity index is 1.55. The lowest BCUT2D eigenvalue weighted by Gasteiger charge is -2.15. The summed E-state index contributed by atoms with van der Waals surface area (Å²) in [6.45, 7) is 1.17. The summed E-state index contributed by atoms with van der Waals surface area (Å²) in [6.07, 6.45) is 3.23. The van der Waals surface area contributed by atoms with E-state index in [1.165, 1.54) is 22.3 Å². The van der Waals surface area contributed by atoms with Gasteiger partial charge in [-0.1, -0.05) is 12.1 Å². The summed E-state index contributed by atoms with van der Waals surface area (Å²) in [7, 11) is -3.43. The van der Waals surface area contributed by atoms with E-state index in [-0.39, 0.29) is 4.90 Å². The van der Waals surface area contributed by atoms with E-state index in [1.807, 2.05) is 24.3 Å². The number of benzene rings is 1. The molecule has 0 bridgehead atoms. The number of oxazole rings is 1. The minimum absolute atomic E-state index is 0.228. The fourth-order valence-electron chi connectivity index (χ4n) is 2.64. The smallest absolute Gasteiger partial charge is 0.263 e. The van der Waals surface area contributed by atoms with Gasteiger partial charge in [0, 0.05) is 19.3 Å². The second-order valence-corrected chi connectivity index (χ2v) is 8.40. The van der Waals surface area contributed by atoms with Crippen molar-refractivity contribution in [1.29, 1.82) is 0 Å². The van der Waals surface area contributed by atoms with Crippen molar-refractivity contribution in [2.24, 2.45) is 0 Å². The number of nitrogens with zero attached hydrogens (tertiary/aromatic N) is 3. The number of hydrogen-bond donors (Lipinski definition) is 0. The van der Waals surface area contributed by atoms with Gasteiger partial charge >= 0.3 is 0 Å². The highest BCUT2D eigenvalue weighted by Crippen LogP contribution is 2.29. The van der Waals surface area contributed by atoms with E-state index >= 15 is 0 Å². The Morgan fingerprint density at radius 3 is 2.58 bits per heavy atom. The molecule has 0 unspecified atom stereocenters. The van der Waals surface area contributed by atoms with Gasteiger partial charge in [0.05, 0.1) is 0 Å². The molecule has 1 aliphatic heterocycles. The third-order valence-corrected chi connectivity index (χ3v) is 6.56. The molecule has 1 aromatic carbocycles. The third kappa shape index (κ3) is 2.92. The molecule has 1 fully saturated rings. The zero-order valence-corrected chi connectivity index (χ0v) is 14.4. The van der Waals surface area contributed by atoms with Crippen LogP contribution in [0.15, 0.2) is 62.2 Å². The molecule has 0 atom stereocenters. The zero-order chi connectivity index (χ0) is 16.6. The fraction of sp³-hybridized carbons (Fsp3) is 0.250. The molecular formula is C16H15N3O3S2. The third-order valence-electron chi connectivity index (χ3n) is 3.88. The Bertz CT molecular complexity index is 929. The van der Waals surface area contributed by atoms with Gasteiger partial charge < -0.3 is 4.42 Å². The summed E-state index contributed by atoms with van der Waals surface area (Å²) >= 11 is 1.27. The largest absolute Gasteiger partial charge is 0.431 e. The Morgan fingerprint density at radius 2 is 1.88 bits per heavy atom. The predicted molar refractivity (Wildman–Crippen MR) is 90.4 cm³/mol. The summed E-state index contributed by atoms with van der Waals surface area (Å²) in [5.74, 6) is 0. The average Bonchev–Trinajstić information content (AvgIpc) is 3.25. The van der Waals surface area contributed by atoms with E-state index < -0.39 is 10.0 Å². The zero-order valence-electron chi connectivity index (χ0n) is 12.8. The first-order chi connectivity index (χ1) is 11.6. The number of hydrogen-bond acceptors (Lipinski definition) is 6. The molecule has 0 radical (unpaired) electrons. The Hall–Kier alpha value is -1.90. The highest BCUT2D eigenvalue weighted by atomic mass is 32.2. The standard InChI is InChI=1S/C16H15N3O3S2/c20-24(21,19-9-3-4-10-19)12-7-8-15(17-11-12)23-16-18-13-5-1-2-6-14(13)22-16/h1-2,5-8,11H,3-4,9-10H2. The van der Waals surface area contributed by atoms with Crippen LogP contribution in [0.3, 0.4) is 0 Å². The first-order valence-corrected chi connectivity index (χ1v) is 9.88. The van der Waals surface area contributed by atoms with E-state index in [1.54, 1.807) is 12.1 Å². The van der Waals surface area contributed by atoms with Gasteiger partial charge in [0.1, 0.15) is 15.4 Å². The Morgan fingerprint density at radius 1 is 1.08 bits per heavy atom. The summed E-state index contributed by atoms with van der Waals surface area (Å²) in [5, 5.41) is 1.13. The number of rotatable bonds is 4. The first kappa shape index (κ1) is 15.6. The summed E-state index contributed by atoms with van der Waals surface area (Å²) in [4.78, 5) is 8.84. The van der Waals surface area contributed by atoms with Gasteiger partial charge in [-0.15, -0.1) is 0 Å². The van der Waals surface area contributed by atoms with Gasteiger partial charge in [-0.3, -0.25) is 0 Å². The maximum absolute atomic E-state index is 12.5. The van der Waals surface area contributed by atoms with Crippen LogP contribution in [0.1, 0.15) is 12.8 Å².